The summed E-state index contributed by atoms with van der Waals surface area (Å²) < 4.78 is 14.5. The second-order valence-corrected chi connectivity index (χ2v) is 7.99. The minimum absolute atomic E-state index is 0.128. The van der Waals surface area contributed by atoms with Crippen molar-refractivity contribution in [1.29, 1.82) is 0 Å². The number of benzene rings is 2. The predicted molar refractivity (Wildman–Crippen MR) is 117 cm³/mol. The number of hydrogen-bond acceptors (Lipinski definition) is 5. The Morgan fingerprint density at radius 3 is 2.63 bits per heavy atom. The first-order valence-corrected chi connectivity index (χ1v) is 10.2. The maximum atomic E-state index is 14.5. The van der Waals surface area contributed by atoms with Gasteiger partial charge in [0, 0.05) is 22.9 Å². The molecule has 152 valence electrons. The van der Waals surface area contributed by atoms with Crippen molar-refractivity contribution in [2.75, 3.05) is 17.6 Å². The van der Waals surface area contributed by atoms with E-state index in [-0.39, 0.29) is 11.2 Å². The summed E-state index contributed by atoms with van der Waals surface area (Å²) in [4.78, 5) is 0. The zero-order valence-corrected chi connectivity index (χ0v) is 16.5. The van der Waals surface area contributed by atoms with Crippen LogP contribution in [-0.4, -0.2) is 26.9 Å². The number of nitrogen functional groups attached to an aromatic ring is 1. The van der Waals surface area contributed by atoms with Crippen LogP contribution in [0.2, 0.25) is 0 Å². The van der Waals surface area contributed by atoms with E-state index in [1.165, 1.54) is 0 Å². The highest BCUT2D eigenvalue weighted by molar-refractivity contribution is 5.91. The number of anilines is 2. The van der Waals surface area contributed by atoms with Crippen molar-refractivity contribution in [3.8, 4) is 11.3 Å². The zero-order chi connectivity index (χ0) is 20.6. The van der Waals surface area contributed by atoms with Crippen LogP contribution in [0.15, 0.2) is 54.6 Å². The van der Waals surface area contributed by atoms with Crippen LogP contribution in [-0.2, 0) is 5.41 Å². The third kappa shape index (κ3) is 3.26. The SMILES string of the molecule is Nc1n[nH]c2ccc(-c3ccc(NCC4(c5ccccc5F)CCCC4)nn3)cc12. The maximum absolute atomic E-state index is 14.5. The average Bonchev–Trinajstić information content (AvgIpc) is 3.40. The summed E-state index contributed by atoms with van der Waals surface area (Å²) in [5.41, 5.74) is 9.07. The molecule has 7 heteroatoms. The highest BCUT2D eigenvalue weighted by Gasteiger charge is 2.37. The molecule has 30 heavy (non-hydrogen) atoms. The van der Waals surface area contributed by atoms with Gasteiger partial charge in [0.2, 0.25) is 0 Å². The molecule has 2 heterocycles. The van der Waals surface area contributed by atoms with E-state index in [9.17, 15) is 4.39 Å². The van der Waals surface area contributed by atoms with Crippen molar-refractivity contribution in [2.45, 2.75) is 31.1 Å². The van der Waals surface area contributed by atoms with Gasteiger partial charge in [0.25, 0.3) is 0 Å². The molecule has 0 bridgehead atoms. The van der Waals surface area contributed by atoms with Crippen molar-refractivity contribution < 1.29 is 4.39 Å². The number of nitrogens with one attached hydrogen (secondary N) is 2. The van der Waals surface area contributed by atoms with Gasteiger partial charge in [-0.15, -0.1) is 10.2 Å². The Morgan fingerprint density at radius 2 is 1.87 bits per heavy atom. The van der Waals surface area contributed by atoms with Gasteiger partial charge in [-0.3, -0.25) is 5.10 Å². The van der Waals surface area contributed by atoms with Crippen molar-refractivity contribution in [3.63, 3.8) is 0 Å². The Hall–Kier alpha value is -3.48. The van der Waals surface area contributed by atoms with Crippen LogP contribution in [0, 0.1) is 5.82 Å². The number of hydrogen-bond donors (Lipinski definition) is 3. The lowest BCUT2D eigenvalue weighted by molar-refractivity contribution is 0.437. The first-order chi connectivity index (χ1) is 14.6. The molecule has 1 saturated carbocycles. The summed E-state index contributed by atoms with van der Waals surface area (Å²) in [5.74, 6) is 1.02. The Bertz CT molecular complexity index is 1180. The number of fused-ring (bicyclic) bond motifs is 1. The van der Waals surface area contributed by atoms with Crippen LogP contribution in [0.3, 0.4) is 0 Å². The van der Waals surface area contributed by atoms with E-state index < -0.39 is 0 Å². The van der Waals surface area contributed by atoms with Gasteiger partial charge in [-0.2, -0.15) is 5.10 Å². The monoisotopic (exact) mass is 402 g/mol. The summed E-state index contributed by atoms with van der Waals surface area (Å²) in [6.07, 6.45) is 4.16. The normalized spacial score (nSPS) is 15.5. The fourth-order valence-corrected chi connectivity index (χ4v) is 4.52. The number of rotatable bonds is 5. The molecule has 4 N–H and O–H groups in total. The van der Waals surface area contributed by atoms with Gasteiger partial charge in [-0.25, -0.2) is 4.39 Å². The second kappa shape index (κ2) is 7.40. The molecule has 2 aromatic heterocycles. The molecule has 0 aliphatic heterocycles. The minimum Gasteiger partial charge on any atom is -0.382 e. The lowest BCUT2D eigenvalue weighted by Crippen LogP contribution is -2.32. The number of halogens is 1. The van der Waals surface area contributed by atoms with E-state index in [0.717, 1.165) is 53.4 Å². The second-order valence-electron chi connectivity index (χ2n) is 7.99. The summed E-state index contributed by atoms with van der Waals surface area (Å²) in [5, 5.41) is 19.9. The van der Waals surface area contributed by atoms with Crippen LogP contribution >= 0.6 is 0 Å². The summed E-state index contributed by atoms with van der Waals surface area (Å²) in [6.45, 7) is 0.638. The van der Waals surface area contributed by atoms with Gasteiger partial charge in [0.1, 0.15) is 11.6 Å². The van der Waals surface area contributed by atoms with Crippen LogP contribution < -0.4 is 11.1 Å². The first-order valence-electron chi connectivity index (χ1n) is 10.2. The van der Waals surface area contributed by atoms with Crippen molar-refractivity contribution in [1.82, 2.24) is 20.4 Å². The van der Waals surface area contributed by atoms with E-state index >= 15 is 0 Å². The van der Waals surface area contributed by atoms with E-state index in [1.807, 2.05) is 42.5 Å². The van der Waals surface area contributed by atoms with Gasteiger partial charge >= 0.3 is 0 Å². The molecule has 0 atom stereocenters. The summed E-state index contributed by atoms with van der Waals surface area (Å²) in [7, 11) is 0. The molecule has 0 spiro atoms. The Morgan fingerprint density at radius 1 is 1.03 bits per heavy atom. The highest BCUT2D eigenvalue weighted by atomic mass is 19.1. The lowest BCUT2D eigenvalue weighted by atomic mass is 9.78. The lowest BCUT2D eigenvalue weighted by Gasteiger charge is -2.30. The third-order valence-electron chi connectivity index (χ3n) is 6.17. The Kier molecular flexibility index (Phi) is 4.58. The largest absolute Gasteiger partial charge is 0.382 e. The minimum atomic E-state index is -0.199. The quantitative estimate of drug-likeness (QED) is 0.451. The molecule has 6 nitrogen and oxygen atoms in total. The van der Waals surface area contributed by atoms with Crippen LogP contribution in [0.25, 0.3) is 22.2 Å². The highest BCUT2D eigenvalue weighted by Crippen LogP contribution is 2.42. The molecule has 0 unspecified atom stereocenters. The topological polar surface area (TPSA) is 92.5 Å². The molecule has 1 fully saturated rings. The number of nitrogens with two attached hydrogens (primary N) is 1. The van der Waals surface area contributed by atoms with Crippen molar-refractivity contribution in [2.24, 2.45) is 0 Å². The van der Waals surface area contributed by atoms with Gasteiger partial charge in [-0.05, 0) is 48.7 Å². The molecule has 0 amide bonds. The smallest absolute Gasteiger partial charge is 0.153 e. The van der Waals surface area contributed by atoms with Gasteiger partial charge in [0.15, 0.2) is 5.82 Å². The number of aromatic nitrogens is 4. The maximum Gasteiger partial charge on any atom is 0.153 e. The molecule has 4 aromatic rings. The molecule has 0 saturated heterocycles. The van der Waals surface area contributed by atoms with E-state index in [0.29, 0.717) is 18.2 Å². The van der Waals surface area contributed by atoms with Crippen LogP contribution in [0.1, 0.15) is 31.2 Å². The fourth-order valence-electron chi connectivity index (χ4n) is 4.52. The van der Waals surface area contributed by atoms with Gasteiger partial charge in [-0.1, -0.05) is 37.1 Å². The van der Waals surface area contributed by atoms with E-state index in [4.69, 9.17) is 5.73 Å². The molecule has 5 rings (SSSR count). The van der Waals surface area contributed by atoms with E-state index in [1.54, 1.807) is 12.1 Å². The number of aromatic amines is 1. The first kappa shape index (κ1) is 18.5. The van der Waals surface area contributed by atoms with Crippen molar-refractivity contribution in [3.05, 3.63) is 66.0 Å². The zero-order valence-electron chi connectivity index (χ0n) is 16.5. The number of nitrogens with zero attached hydrogens (tertiary/aromatic N) is 3. The molecular weight excluding hydrogens is 379 g/mol. The third-order valence-corrected chi connectivity index (χ3v) is 6.17. The summed E-state index contributed by atoms with van der Waals surface area (Å²) >= 11 is 0. The molecule has 2 aromatic carbocycles. The van der Waals surface area contributed by atoms with Crippen molar-refractivity contribution >= 4 is 22.5 Å². The molecular formula is C23H23FN6. The fraction of sp³-hybridized carbons (Fsp3) is 0.261. The predicted octanol–water partition coefficient (Wildman–Crippen LogP) is 4.67. The van der Waals surface area contributed by atoms with Gasteiger partial charge in [0.05, 0.1) is 11.2 Å². The molecule has 0 radical (unpaired) electrons. The molecule has 1 aliphatic rings. The Labute approximate surface area is 173 Å². The number of H-pyrrole nitrogens is 1. The van der Waals surface area contributed by atoms with Crippen LogP contribution in [0.4, 0.5) is 16.0 Å². The average molecular weight is 402 g/mol. The summed E-state index contributed by atoms with van der Waals surface area (Å²) in [6, 6.07) is 16.8. The van der Waals surface area contributed by atoms with E-state index in [2.05, 4.69) is 25.7 Å². The van der Waals surface area contributed by atoms with Crippen LogP contribution in [0.5, 0.6) is 0 Å². The van der Waals surface area contributed by atoms with Gasteiger partial charge < -0.3 is 11.1 Å². The standard InChI is InChI=1S/C23H23FN6/c24-18-6-2-1-5-17(18)23(11-3-4-12-23)14-26-21-10-9-19(27-29-21)15-7-8-20-16(13-15)22(25)30-28-20/h1-2,5-10,13H,3-4,11-12,14H2,(H,26,29)(H3,25,28,30). The Balaban J connectivity index is 1.35. The molecule has 1 aliphatic carbocycles.